The standard InChI is InChI=1S/C15H22N2O4/c1-9(15(20)21)12-7-17(8-12)14(19)11-4-13(18)16(6-11)5-10-2-3-10/h9-12H,2-8H2,1H3,(H,20,21). The maximum Gasteiger partial charge on any atom is 0.306 e. The third-order valence-electron chi connectivity index (χ3n) is 5.06. The maximum atomic E-state index is 12.4. The normalized spacial score (nSPS) is 27.7. The summed E-state index contributed by atoms with van der Waals surface area (Å²) < 4.78 is 0. The van der Waals surface area contributed by atoms with E-state index in [-0.39, 0.29) is 23.7 Å². The van der Waals surface area contributed by atoms with Crippen molar-refractivity contribution in [1.29, 1.82) is 0 Å². The lowest BCUT2D eigenvalue weighted by Gasteiger charge is -2.42. The molecule has 2 atom stereocenters. The molecule has 0 aromatic rings. The Labute approximate surface area is 124 Å². The second-order valence-corrected chi connectivity index (χ2v) is 6.77. The van der Waals surface area contributed by atoms with Gasteiger partial charge in [-0.05, 0) is 18.8 Å². The zero-order valence-electron chi connectivity index (χ0n) is 12.3. The fraction of sp³-hybridized carbons (Fsp3) is 0.800. The number of likely N-dealkylation sites (tertiary alicyclic amines) is 2. The molecule has 0 bridgehead atoms. The van der Waals surface area contributed by atoms with Crippen LogP contribution in [0, 0.1) is 23.7 Å². The molecule has 6 heteroatoms. The summed E-state index contributed by atoms with van der Waals surface area (Å²) in [5.74, 6) is -0.632. The smallest absolute Gasteiger partial charge is 0.306 e. The number of amides is 2. The van der Waals surface area contributed by atoms with E-state index in [2.05, 4.69) is 0 Å². The highest BCUT2D eigenvalue weighted by molar-refractivity contribution is 5.89. The SMILES string of the molecule is CC(C(=O)O)C1CN(C(=O)C2CC(=O)N(CC3CC3)C2)C1. The fourth-order valence-electron chi connectivity index (χ4n) is 3.19. The Morgan fingerprint density at radius 1 is 1.29 bits per heavy atom. The lowest BCUT2D eigenvalue weighted by Crippen LogP contribution is -2.55. The van der Waals surface area contributed by atoms with Crippen LogP contribution in [0.25, 0.3) is 0 Å². The molecule has 1 aliphatic carbocycles. The van der Waals surface area contributed by atoms with E-state index in [1.807, 2.05) is 4.90 Å². The lowest BCUT2D eigenvalue weighted by atomic mass is 9.86. The van der Waals surface area contributed by atoms with E-state index >= 15 is 0 Å². The number of carbonyl (C=O) groups excluding carboxylic acids is 2. The number of aliphatic carboxylic acids is 1. The van der Waals surface area contributed by atoms with Gasteiger partial charge in [0.2, 0.25) is 11.8 Å². The summed E-state index contributed by atoms with van der Waals surface area (Å²) in [5.41, 5.74) is 0. The third kappa shape index (κ3) is 2.89. The molecule has 21 heavy (non-hydrogen) atoms. The van der Waals surface area contributed by atoms with E-state index in [0.29, 0.717) is 32.0 Å². The number of hydrogen-bond acceptors (Lipinski definition) is 3. The van der Waals surface area contributed by atoms with Crippen molar-refractivity contribution in [1.82, 2.24) is 9.80 Å². The fourth-order valence-corrected chi connectivity index (χ4v) is 3.19. The van der Waals surface area contributed by atoms with Gasteiger partial charge in [0.1, 0.15) is 0 Å². The molecular weight excluding hydrogens is 272 g/mol. The van der Waals surface area contributed by atoms with Gasteiger partial charge in [-0.25, -0.2) is 0 Å². The Morgan fingerprint density at radius 2 is 1.95 bits per heavy atom. The summed E-state index contributed by atoms with van der Waals surface area (Å²) in [6.07, 6.45) is 2.72. The van der Waals surface area contributed by atoms with E-state index < -0.39 is 11.9 Å². The Bertz CT molecular complexity index is 468. The highest BCUT2D eigenvalue weighted by Crippen LogP contribution is 2.33. The van der Waals surface area contributed by atoms with Crippen molar-refractivity contribution in [2.45, 2.75) is 26.2 Å². The quantitative estimate of drug-likeness (QED) is 0.797. The Hall–Kier alpha value is -1.59. The zero-order chi connectivity index (χ0) is 15.1. The van der Waals surface area contributed by atoms with Crippen molar-refractivity contribution >= 4 is 17.8 Å². The first-order valence-corrected chi connectivity index (χ1v) is 7.75. The molecule has 3 rings (SSSR count). The molecule has 3 fully saturated rings. The molecule has 2 heterocycles. The van der Waals surface area contributed by atoms with Gasteiger partial charge in [-0.15, -0.1) is 0 Å². The number of carboxylic acids is 1. The molecule has 0 radical (unpaired) electrons. The lowest BCUT2D eigenvalue weighted by molar-refractivity contribution is -0.152. The summed E-state index contributed by atoms with van der Waals surface area (Å²) in [6, 6.07) is 0. The number of hydrogen-bond donors (Lipinski definition) is 1. The van der Waals surface area contributed by atoms with Gasteiger partial charge < -0.3 is 14.9 Å². The second kappa shape index (κ2) is 5.31. The first kappa shape index (κ1) is 14.4. The predicted octanol–water partition coefficient (Wildman–Crippen LogP) is 0.424. The van der Waals surface area contributed by atoms with Crippen molar-refractivity contribution in [3.8, 4) is 0 Å². The van der Waals surface area contributed by atoms with Crippen LogP contribution in [-0.4, -0.2) is 58.9 Å². The molecular formula is C15H22N2O4. The largest absolute Gasteiger partial charge is 0.481 e. The van der Waals surface area contributed by atoms with Crippen LogP contribution in [0.5, 0.6) is 0 Å². The maximum absolute atomic E-state index is 12.4. The van der Waals surface area contributed by atoms with Crippen LogP contribution in [0.4, 0.5) is 0 Å². The predicted molar refractivity (Wildman–Crippen MR) is 74.3 cm³/mol. The molecule has 0 spiro atoms. The van der Waals surface area contributed by atoms with Gasteiger partial charge in [-0.1, -0.05) is 6.92 Å². The van der Waals surface area contributed by atoms with Gasteiger partial charge in [0.15, 0.2) is 0 Å². The minimum absolute atomic E-state index is 0.0236. The van der Waals surface area contributed by atoms with E-state index in [1.165, 1.54) is 12.8 Å². The van der Waals surface area contributed by atoms with E-state index in [9.17, 15) is 14.4 Å². The molecule has 2 amide bonds. The summed E-state index contributed by atoms with van der Waals surface area (Å²) in [4.78, 5) is 38.7. The minimum Gasteiger partial charge on any atom is -0.481 e. The molecule has 2 aliphatic heterocycles. The van der Waals surface area contributed by atoms with Crippen LogP contribution in [0.15, 0.2) is 0 Å². The zero-order valence-corrected chi connectivity index (χ0v) is 12.3. The van der Waals surface area contributed by atoms with E-state index in [0.717, 1.165) is 6.54 Å². The molecule has 0 aromatic carbocycles. The van der Waals surface area contributed by atoms with Crippen LogP contribution in [0.1, 0.15) is 26.2 Å². The van der Waals surface area contributed by atoms with Crippen molar-refractivity contribution in [3.63, 3.8) is 0 Å². The number of nitrogens with zero attached hydrogens (tertiary/aromatic N) is 2. The van der Waals surface area contributed by atoms with Crippen molar-refractivity contribution < 1.29 is 19.5 Å². The second-order valence-electron chi connectivity index (χ2n) is 6.77. The summed E-state index contributed by atoms with van der Waals surface area (Å²) >= 11 is 0. The first-order chi connectivity index (χ1) is 9.95. The molecule has 116 valence electrons. The van der Waals surface area contributed by atoms with E-state index in [4.69, 9.17) is 5.11 Å². The average Bonchev–Trinajstić information content (AvgIpc) is 3.11. The summed E-state index contributed by atoms with van der Waals surface area (Å²) in [5, 5.41) is 8.96. The molecule has 1 saturated carbocycles. The minimum atomic E-state index is -0.807. The first-order valence-electron chi connectivity index (χ1n) is 7.75. The van der Waals surface area contributed by atoms with Crippen LogP contribution >= 0.6 is 0 Å². The highest BCUT2D eigenvalue weighted by Gasteiger charge is 2.43. The van der Waals surface area contributed by atoms with Gasteiger partial charge in [-0.2, -0.15) is 0 Å². The number of carboxylic acid groups (broad SMARTS) is 1. The topological polar surface area (TPSA) is 77.9 Å². The van der Waals surface area contributed by atoms with Crippen LogP contribution in [0.3, 0.4) is 0 Å². The van der Waals surface area contributed by atoms with Crippen LogP contribution in [0.2, 0.25) is 0 Å². The molecule has 3 aliphatic rings. The Balaban J connectivity index is 1.48. The Kier molecular flexibility index (Phi) is 3.63. The highest BCUT2D eigenvalue weighted by atomic mass is 16.4. The van der Waals surface area contributed by atoms with Gasteiger partial charge in [-0.3, -0.25) is 14.4 Å². The number of rotatable bonds is 5. The average molecular weight is 294 g/mol. The van der Waals surface area contributed by atoms with Gasteiger partial charge in [0.05, 0.1) is 11.8 Å². The van der Waals surface area contributed by atoms with E-state index in [1.54, 1.807) is 11.8 Å². The summed E-state index contributed by atoms with van der Waals surface area (Å²) in [7, 11) is 0. The molecule has 1 N–H and O–H groups in total. The Morgan fingerprint density at radius 3 is 2.52 bits per heavy atom. The molecule has 2 unspecified atom stereocenters. The van der Waals surface area contributed by atoms with Gasteiger partial charge >= 0.3 is 5.97 Å². The number of carbonyl (C=O) groups is 3. The third-order valence-corrected chi connectivity index (χ3v) is 5.06. The summed E-state index contributed by atoms with van der Waals surface area (Å²) in [6.45, 7) is 4.07. The monoisotopic (exact) mass is 294 g/mol. The molecule has 2 saturated heterocycles. The van der Waals surface area contributed by atoms with Gasteiger partial charge in [0.25, 0.3) is 0 Å². The molecule has 0 aromatic heterocycles. The van der Waals surface area contributed by atoms with Gasteiger partial charge in [0, 0.05) is 38.5 Å². The van der Waals surface area contributed by atoms with Crippen molar-refractivity contribution in [2.24, 2.45) is 23.7 Å². The van der Waals surface area contributed by atoms with Crippen LogP contribution < -0.4 is 0 Å². The van der Waals surface area contributed by atoms with Crippen molar-refractivity contribution in [3.05, 3.63) is 0 Å². The van der Waals surface area contributed by atoms with Crippen LogP contribution in [-0.2, 0) is 14.4 Å². The molecule has 6 nitrogen and oxygen atoms in total. The van der Waals surface area contributed by atoms with Crippen molar-refractivity contribution in [2.75, 3.05) is 26.2 Å².